The maximum Gasteiger partial charge on any atom is 0.141 e. The third-order valence-corrected chi connectivity index (χ3v) is 15.1. The fourth-order valence-electron chi connectivity index (χ4n) is 10.9. The van der Waals surface area contributed by atoms with E-state index in [4.69, 9.17) is 232 Å². The maximum atomic E-state index is 7.22. The monoisotopic (exact) mass is 912 g/mol. The quantitative estimate of drug-likeness (QED) is 0.127. The third-order valence-electron chi connectivity index (χ3n) is 15.1. The summed E-state index contributed by atoms with van der Waals surface area (Å²) in [5.41, 5.74) is -4.62. The normalized spacial score (nSPS) is 11.8. The average Bonchev–Trinajstić information content (AvgIpc) is 3.96. The van der Waals surface area contributed by atoms with Gasteiger partial charge >= 0.3 is 0 Å². The predicted molar refractivity (Wildman–Crippen MR) is 364 cm³/mol. The van der Waals surface area contributed by atoms with Gasteiger partial charge in [-0.15, -0.1) is 54.6 Å². The Labute approximate surface area is 491 Å². The van der Waals surface area contributed by atoms with E-state index in [1.54, 1.807) is 0 Å². The van der Waals surface area contributed by atoms with Crippen LogP contribution in [0.3, 0.4) is 0 Å². The molecule has 9 aromatic carbocycles. The van der Waals surface area contributed by atoms with Crippen LogP contribution in [0.4, 0.5) is 0 Å². The first-order valence-corrected chi connectivity index (χ1v) is 22.9. The molecule has 10 rings (SSSR count). The molecule has 0 saturated heterocycles. The molecule has 30 heteroatoms. The van der Waals surface area contributed by atoms with Gasteiger partial charge in [0.15, 0.2) is 0 Å². The van der Waals surface area contributed by atoms with Crippen LogP contribution in [0.15, 0.2) is 10.5 Å². The van der Waals surface area contributed by atoms with Gasteiger partial charge in [-0.05, 0) is 71.4 Å². The van der Waals surface area contributed by atoms with Crippen molar-refractivity contribution in [3.05, 3.63) is 6.07 Å². The van der Waals surface area contributed by atoms with E-state index in [2.05, 4.69) is 0 Å². The predicted octanol–water partition coefficient (Wildman–Crippen LogP) is -21.3. The molecular weight excluding hydrogens is 906 g/mol. The van der Waals surface area contributed by atoms with E-state index in [1.807, 2.05) is 0 Å². The summed E-state index contributed by atoms with van der Waals surface area (Å²) in [6.07, 6.45) is 0. The summed E-state index contributed by atoms with van der Waals surface area (Å²) in [5, 5.41) is 0.431. The van der Waals surface area contributed by atoms with Gasteiger partial charge in [0.2, 0.25) is 0 Å². The van der Waals surface area contributed by atoms with Crippen molar-refractivity contribution >= 4 is 440 Å². The van der Waals surface area contributed by atoms with Gasteiger partial charge in [0.25, 0.3) is 0 Å². The van der Waals surface area contributed by atoms with Crippen molar-refractivity contribution in [2.24, 2.45) is 0 Å². The zero-order valence-electron chi connectivity index (χ0n) is 41.2. The minimum atomic E-state index is -0.288. The molecule has 58 radical (unpaired) electrons. The number of benzene rings is 9. The SMILES string of the molecule is [B]c1cc(-c2c([B])c([B])c([B])c([B])c2[B])c([B])c(-c2c3c([B])c([B])c([B])c([B])c3c(-c3c([B])c([B])c(-c4c([B])c([B])c5oc6c7c([B])c([B])c([B])c([B])c7c([B])c([B])c6c5c4[B])c([B])c3[B])c3c([B])c([B])c([B])c([B])c23)c1[B]. The smallest absolute Gasteiger partial charge is 0.141 e. The standard InChI is InChI=1S/C48HB29O/c49-3-1-2(4-22(53)37(68)45(76)38(69)23(4)54)19(50)11(20(3)51)5-7-9(26(57)41(72)39(70)24(7)55)6(10-8(5)25(56)40(71)42(73)27(10)58)12-28(59)30(61)14(31(62)29(12)60)13-21(52)17-18-35(66)32(63)15-16(36(67)44(75)43(74)33(15)64)47(18)78-48(17)46(77)34(13)65/h1H. The highest BCUT2D eigenvalue weighted by molar-refractivity contribution is 6.77. The molecule has 0 N–H and O–H groups in total. The fraction of sp³-hybridized carbons (Fsp3) is 0. The Balaban J connectivity index is 1.39. The molecule has 0 aliphatic rings. The summed E-state index contributed by atoms with van der Waals surface area (Å²) in [4.78, 5) is 0. The lowest BCUT2D eigenvalue weighted by molar-refractivity contribution is 0.676. The van der Waals surface area contributed by atoms with Crippen LogP contribution in [0.5, 0.6) is 0 Å². The van der Waals surface area contributed by atoms with E-state index < -0.39 is 0 Å². The molecule has 0 saturated carbocycles. The molecule has 78 heavy (non-hydrogen) atoms. The highest BCUT2D eigenvalue weighted by Crippen LogP contribution is 2.39. The first-order chi connectivity index (χ1) is 36.4. The van der Waals surface area contributed by atoms with Crippen molar-refractivity contribution in [2.75, 3.05) is 0 Å². The first-order valence-electron chi connectivity index (χ1n) is 22.9. The van der Waals surface area contributed by atoms with Crippen LogP contribution < -0.4 is 158 Å². The van der Waals surface area contributed by atoms with Crippen molar-refractivity contribution in [1.82, 2.24) is 0 Å². The molecule has 0 atom stereocenters. The largest absolute Gasteiger partial charge is 0.456 e. The Morgan fingerprint density at radius 2 is 0.410 bits per heavy atom. The second-order valence-corrected chi connectivity index (χ2v) is 19.0. The molecule has 0 amide bonds. The lowest BCUT2D eigenvalue weighted by Crippen LogP contribution is -2.55. The molecule has 1 nitrogen and oxygen atoms in total. The van der Waals surface area contributed by atoms with E-state index in [-0.39, 0.29) is 257 Å². The van der Waals surface area contributed by atoms with E-state index >= 15 is 0 Å². The molecule has 1 heterocycles. The minimum absolute atomic E-state index is 0.00733. The van der Waals surface area contributed by atoms with Gasteiger partial charge in [0, 0.05) is 16.2 Å². The minimum Gasteiger partial charge on any atom is -0.456 e. The summed E-state index contributed by atoms with van der Waals surface area (Å²) in [5.74, 6) is 0. The van der Waals surface area contributed by atoms with E-state index in [0.717, 1.165) is 0 Å². The van der Waals surface area contributed by atoms with Crippen LogP contribution >= 0.6 is 0 Å². The Morgan fingerprint density at radius 3 is 0.821 bits per heavy atom. The molecule has 0 bridgehead atoms. The van der Waals surface area contributed by atoms with E-state index in [9.17, 15) is 0 Å². The van der Waals surface area contributed by atoms with Crippen molar-refractivity contribution in [2.45, 2.75) is 0 Å². The fourth-order valence-corrected chi connectivity index (χ4v) is 10.9. The van der Waals surface area contributed by atoms with Gasteiger partial charge in [-0.2, -0.15) is 0 Å². The highest BCUT2D eigenvalue weighted by atomic mass is 16.3. The number of hydrogen-bond acceptors (Lipinski definition) is 1. The van der Waals surface area contributed by atoms with Crippen LogP contribution in [0, 0.1) is 0 Å². The van der Waals surface area contributed by atoms with Gasteiger partial charge in [-0.3, -0.25) is 0 Å². The van der Waals surface area contributed by atoms with Crippen LogP contribution in [-0.2, 0) is 0 Å². The average molecular weight is 907 g/mol. The second-order valence-electron chi connectivity index (χ2n) is 19.0. The van der Waals surface area contributed by atoms with E-state index in [0.29, 0.717) is 0 Å². The van der Waals surface area contributed by atoms with Crippen LogP contribution in [0.25, 0.3) is 98.8 Å². The molecule has 0 aliphatic carbocycles. The first kappa shape index (κ1) is 56.7. The van der Waals surface area contributed by atoms with Crippen molar-refractivity contribution < 1.29 is 4.42 Å². The molecular formula is C48HB29O. The number of fused-ring (bicyclic) bond motifs is 7. The Bertz CT molecular complexity index is 4400. The lowest BCUT2D eigenvalue weighted by atomic mass is 9.55. The summed E-state index contributed by atoms with van der Waals surface area (Å²) in [6.45, 7) is 0. The lowest BCUT2D eigenvalue weighted by Gasteiger charge is -2.33. The zero-order chi connectivity index (χ0) is 57.5. The number of furan rings is 1. The van der Waals surface area contributed by atoms with Crippen LogP contribution in [0.2, 0.25) is 0 Å². The van der Waals surface area contributed by atoms with Gasteiger partial charge in [0.05, 0.1) is 0 Å². The molecule has 0 aliphatic heterocycles. The van der Waals surface area contributed by atoms with Crippen molar-refractivity contribution in [3.63, 3.8) is 0 Å². The summed E-state index contributed by atoms with van der Waals surface area (Å²) >= 11 is 0. The summed E-state index contributed by atoms with van der Waals surface area (Å²) in [6, 6.07) is 1.40. The van der Waals surface area contributed by atoms with Crippen LogP contribution in [0.1, 0.15) is 0 Å². The number of rotatable bonds is 4. The molecule has 0 fully saturated rings. The Hall–Kier alpha value is -4.56. The summed E-state index contributed by atoms with van der Waals surface area (Å²) in [7, 11) is 196. The van der Waals surface area contributed by atoms with Crippen molar-refractivity contribution in [1.29, 1.82) is 0 Å². The third kappa shape index (κ3) is 7.36. The van der Waals surface area contributed by atoms with E-state index in [1.165, 1.54) is 6.07 Å². The molecule has 1 aromatic heterocycles. The van der Waals surface area contributed by atoms with Gasteiger partial charge in [-0.1, -0.05) is 110 Å². The molecule has 0 unspecified atom stereocenters. The molecule has 10 aromatic rings. The Morgan fingerprint density at radius 1 is 0.167 bits per heavy atom. The van der Waals surface area contributed by atoms with Gasteiger partial charge in [0.1, 0.15) is 239 Å². The van der Waals surface area contributed by atoms with Crippen molar-refractivity contribution in [3.8, 4) is 44.5 Å². The summed E-state index contributed by atoms with van der Waals surface area (Å²) < 4.78 is 6.38. The highest BCUT2D eigenvalue weighted by Gasteiger charge is 2.31. The topological polar surface area (TPSA) is 13.1 Å². The molecule has 0 spiro atoms. The van der Waals surface area contributed by atoms with Gasteiger partial charge in [-0.25, -0.2) is 0 Å². The Kier molecular flexibility index (Phi) is 14.0. The molecule has 286 valence electrons. The second kappa shape index (κ2) is 19.3. The van der Waals surface area contributed by atoms with Crippen LogP contribution in [-0.4, -0.2) is 228 Å². The maximum absolute atomic E-state index is 7.22. The van der Waals surface area contributed by atoms with Gasteiger partial charge < -0.3 is 4.42 Å². The number of hydrogen-bond donors (Lipinski definition) is 0. The zero-order valence-corrected chi connectivity index (χ0v) is 41.2.